The van der Waals surface area contributed by atoms with E-state index in [-0.39, 0.29) is 30.4 Å². The van der Waals surface area contributed by atoms with Crippen LogP contribution < -0.4 is 33.7 Å². The van der Waals surface area contributed by atoms with Crippen LogP contribution in [-0.4, -0.2) is 88.5 Å². The molecule has 2 aromatic carbocycles. The largest absolute Gasteiger partial charge is 0.497 e. The van der Waals surface area contributed by atoms with Crippen LogP contribution in [0, 0.1) is 0 Å². The highest BCUT2D eigenvalue weighted by molar-refractivity contribution is 5.98. The number of hydrogen-bond donors (Lipinski definition) is 1. The summed E-state index contributed by atoms with van der Waals surface area (Å²) in [7, 11) is 4.49. The summed E-state index contributed by atoms with van der Waals surface area (Å²) in [4.78, 5) is 42.1. The average Bonchev–Trinajstić information content (AvgIpc) is 3.10. The van der Waals surface area contributed by atoms with Gasteiger partial charge in [0, 0.05) is 19.2 Å². The molecule has 1 fully saturated rings. The summed E-state index contributed by atoms with van der Waals surface area (Å²) in [6, 6.07) is 14.1. The van der Waals surface area contributed by atoms with Crippen LogP contribution in [0.3, 0.4) is 0 Å². The predicted molar refractivity (Wildman–Crippen MR) is 160 cm³/mol. The third-order valence-corrected chi connectivity index (χ3v) is 6.73. The number of nitrogens with zero attached hydrogens (tertiary/aromatic N) is 1. The fourth-order valence-corrected chi connectivity index (χ4v) is 4.40. The number of cyclic esters (lactones) is 1. The third-order valence-electron chi connectivity index (χ3n) is 6.73. The van der Waals surface area contributed by atoms with Crippen molar-refractivity contribution < 1.29 is 57.0 Å². The molecule has 46 heavy (non-hydrogen) atoms. The summed E-state index contributed by atoms with van der Waals surface area (Å²) in [5.74, 6) is 0.192. The van der Waals surface area contributed by atoms with Crippen molar-refractivity contribution in [1.29, 1.82) is 0 Å². The minimum absolute atomic E-state index is 0.0334. The summed E-state index contributed by atoms with van der Waals surface area (Å²) in [5.41, 5.74) is -0.214. The highest BCUT2D eigenvalue weighted by atomic mass is 16.7. The van der Waals surface area contributed by atoms with Crippen LogP contribution in [0.1, 0.15) is 24.3 Å². The second-order valence-corrected chi connectivity index (χ2v) is 9.88. The van der Waals surface area contributed by atoms with Crippen LogP contribution in [0.25, 0.3) is 0 Å². The van der Waals surface area contributed by atoms with Crippen LogP contribution in [0.2, 0.25) is 0 Å². The van der Waals surface area contributed by atoms with E-state index in [1.54, 1.807) is 69.7 Å². The Labute approximate surface area is 265 Å². The van der Waals surface area contributed by atoms with Crippen LogP contribution in [-0.2, 0) is 23.8 Å². The number of carbonyl (C=O) groups excluding carboxylic acids is 3. The number of methoxy groups -OCH3 is 3. The molecule has 1 aliphatic heterocycles. The van der Waals surface area contributed by atoms with E-state index in [2.05, 4.69) is 10.3 Å². The number of pyridine rings is 1. The molecule has 14 nitrogen and oxygen atoms in total. The van der Waals surface area contributed by atoms with E-state index in [0.717, 1.165) is 0 Å². The molecule has 1 aromatic heterocycles. The Bertz CT molecular complexity index is 1460. The molecule has 1 N–H and O–H groups in total. The minimum Gasteiger partial charge on any atom is -0.497 e. The maximum atomic E-state index is 13.4. The Kier molecular flexibility index (Phi) is 11.8. The van der Waals surface area contributed by atoms with Gasteiger partial charge in [0.2, 0.25) is 6.79 Å². The van der Waals surface area contributed by atoms with Crippen molar-refractivity contribution >= 4 is 17.8 Å². The van der Waals surface area contributed by atoms with Crippen LogP contribution >= 0.6 is 0 Å². The van der Waals surface area contributed by atoms with Gasteiger partial charge in [-0.25, -0.2) is 9.78 Å². The monoisotopic (exact) mass is 640 g/mol. The maximum Gasteiger partial charge on any atom is 0.331 e. The van der Waals surface area contributed by atoms with Crippen molar-refractivity contribution in [3.63, 3.8) is 0 Å². The minimum atomic E-state index is -1.24. The Hall–Kier alpha value is -5.24. The topological polar surface area (TPSA) is 159 Å². The van der Waals surface area contributed by atoms with Crippen molar-refractivity contribution in [3.8, 4) is 34.5 Å². The Morgan fingerprint density at radius 3 is 2.07 bits per heavy atom. The number of carbonyl (C=O) groups is 3. The standard InChI is InChI=1S/C32H36N2O12/c1-19-29(46-24-12-8-22(39-4)9-13-24)27(45-23-10-6-21(38-3)7-11-23)17-41-16-25(32(37)44-19)34-31(36)28-30(43-18-42-20(2)35)26(40-5)14-15-33-28/h6-15,19,25,27,29H,16-18H2,1-5H3,(H,34,36)/t19-,25-,27-,29-/m0/s1. The molecule has 0 aliphatic carbocycles. The van der Waals surface area contributed by atoms with Gasteiger partial charge in [-0.1, -0.05) is 0 Å². The fraction of sp³-hybridized carbons (Fsp3) is 0.375. The summed E-state index contributed by atoms with van der Waals surface area (Å²) in [6.07, 6.45) is -1.13. The number of hydrogen-bond acceptors (Lipinski definition) is 13. The van der Waals surface area contributed by atoms with Gasteiger partial charge < -0.3 is 47.9 Å². The van der Waals surface area contributed by atoms with Gasteiger partial charge in [0.1, 0.15) is 29.1 Å². The molecule has 4 atom stereocenters. The number of nitrogens with one attached hydrogen (secondary N) is 1. The summed E-state index contributed by atoms with van der Waals surface area (Å²) in [6.45, 7) is 2.08. The lowest BCUT2D eigenvalue weighted by Gasteiger charge is -2.31. The Balaban J connectivity index is 1.56. The molecule has 1 aliphatic rings. The number of amides is 1. The zero-order chi connectivity index (χ0) is 33.1. The molecule has 0 unspecified atom stereocenters. The van der Waals surface area contributed by atoms with E-state index in [0.29, 0.717) is 23.0 Å². The number of benzene rings is 2. The first kappa shape index (κ1) is 33.6. The fourth-order valence-electron chi connectivity index (χ4n) is 4.40. The molecule has 0 saturated carbocycles. The van der Waals surface area contributed by atoms with Gasteiger partial charge in [-0.2, -0.15) is 0 Å². The molecule has 1 saturated heterocycles. The Morgan fingerprint density at radius 1 is 0.870 bits per heavy atom. The van der Waals surface area contributed by atoms with Gasteiger partial charge in [-0.05, 0) is 55.5 Å². The summed E-state index contributed by atoms with van der Waals surface area (Å²) in [5, 5.41) is 2.59. The SMILES string of the molecule is COc1ccc(O[C@H]2[C@H](C)OC(=O)[C@@H](NC(=O)c3nccc(OC)c3OCOC(C)=O)COC[C@@H]2Oc2ccc(OC)cc2)cc1. The number of aromatic nitrogens is 1. The van der Waals surface area contributed by atoms with Gasteiger partial charge in [-0.15, -0.1) is 0 Å². The molecular formula is C32H36N2O12. The Morgan fingerprint density at radius 2 is 1.48 bits per heavy atom. The summed E-state index contributed by atoms with van der Waals surface area (Å²) >= 11 is 0. The zero-order valence-electron chi connectivity index (χ0n) is 26.1. The zero-order valence-corrected chi connectivity index (χ0v) is 26.1. The van der Waals surface area contributed by atoms with Gasteiger partial charge in [0.05, 0.1) is 34.5 Å². The molecule has 3 aromatic rings. The van der Waals surface area contributed by atoms with Gasteiger partial charge >= 0.3 is 11.9 Å². The highest BCUT2D eigenvalue weighted by Crippen LogP contribution is 2.30. The predicted octanol–water partition coefficient (Wildman–Crippen LogP) is 2.96. The van der Waals surface area contributed by atoms with E-state index in [4.69, 9.17) is 42.6 Å². The molecule has 2 heterocycles. The summed E-state index contributed by atoms with van der Waals surface area (Å²) < 4.78 is 50.3. The first-order valence-corrected chi connectivity index (χ1v) is 14.2. The van der Waals surface area contributed by atoms with Gasteiger partial charge in [-0.3, -0.25) is 9.59 Å². The molecule has 0 radical (unpaired) electrons. The first-order valence-electron chi connectivity index (χ1n) is 14.2. The lowest BCUT2D eigenvalue weighted by molar-refractivity contribution is -0.156. The lowest BCUT2D eigenvalue weighted by Crippen LogP contribution is -2.48. The molecule has 4 rings (SSSR count). The molecule has 246 valence electrons. The third kappa shape index (κ3) is 8.91. The van der Waals surface area contributed by atoms with Crippen molar-refractivity contribution in [1.82, 2.24) is 10.3 Å². The second kappa shape index (κ2) is 16.2. The second-order valence-electron chi connectivity index (χ2n) is 9.88. The van der Waals surface area contributed by atoms with E-state index in [9.17, 15) is 14.4 Å². The van der Waals surface area contributed by atoms with Crippen LogP contribution in [0.4, 0.5) is 0 Å². The molecule has 0 bridgehead atoms. The van der Waals surface area contributed by atoms with Crippen LogP contribution in [0.15, 0.2) is 60.8 Å². The number of esters is 2. The van der Waals surface area contributed by atoms with Crippen molar-refractivity contribution in [2.45, 2.75) is 38.2 Å². The van der Waals surface area contributed by atoms with E-state index in [1.807, 2.05) is 0 Å². The van der Waals surface area contributed by atoms with E-state index in [1.165, 1.54) is 26.3 Å². The lowest BCUT2D eigenvalue weighted by atomic mass is 10.1. The van der Waals surface area contributed by atoms with Gasteiger partial charge in [0.25, 0.3) is 5.91 Å². The molecule has 1 amide bonds. The van der Waals surface area contributed by atoms with E-state index < -0.39 is 49.0 Å². The van der Waals surface area contributed by atoms with Gasteiger partial charge in [0.15, 0.2) is 35.4 Å². The average molecular weight is 641 g/mol. The quantitative estimate of drug-likeness (QED) is 0.228. The van der Waals surface area contributed by atoms with Crippen molar-refractivity contribution in [2.75, 3.05) is 41.3 Å². The molecular weight excluding hydrogens is 604 g/mol. The van der Waals surface area contributed by atoms with Crippen molar-refractivity contribution in [3.05, 3.63) is 66.5 Å². The molecule has 0 spiro atoms. The highest BCUT2D eigenvalue weighted by Gasteiger charge is 2.38. The first-order chi connectivity index (χ1) is 22.2. The maximum absolute atomic E-state index is 13.4. The smallest absolute Gasteiger partial charge is 0.331 e. The van der Waals surface area contributed by atoms with E-state index >= 15 is 0 Å². The van der Waals surface area contributed by atoms with Crippen LogP contribution in [0.5, 0.6) is 34.5 Å². The normalized spacial score (nSPS) is 19.6. The van der Waals surface area contributed by atoms with Crippen molar-refractivity contribution in [2.24, 2.45) is 0 Å². The number of ether oxygens (including phenoxy) is 9. The molecule has 14 heteroatoms. The number of rotatable bonds is 12.